The molecular formula is C15H14INO5S. The fourth-order valence-corrected chi connectivity index (χ4v) is 3.68. The van der Waals surface area contributed by atoms with E-state index in [1.54, 1.807) is 37.3 Å². The highest BCUT2D eigenvalue weighted by Crippen LogP contribution is 2.36. The summed E-state index contributed by atoms with van der Waals surface area (Å²) in [7, 11) is -3.97. The van der Waals surface area contributed by atoms with Crippen LogP contribution in [0.3, 0.4) is 0 Å². The first-order chi connectivity index (χ1) is 11.0. The van der Waals surface area contributed by atoms with Gasteiger partial charge in [-0.25, -0.2) is 0 Å². The fourth-order valence-electron chi connectivity index (χ4n) is 1.82. The zero-order valence-corrected chi connectivity index (χ0v) is 15.1. The van der Waals surface area contributed by atoms with Crippen LogP contribution in [0.1, 0.15) is 12.5 Å². The van der Waals surface area contributed by atoms with Gasteiger partial charge in [-0.1, -0.05) is 23.4 Å². The molecule has 0 aliphatic heterocycles. The van der Waals surface area contributed by atoms with Crippen molar-refractivity contribution in [2.45, 2.75) is 11.8 Å². The molecule has 0 atom stereocenters. The molecule has 2 aromatic carbocycles. The molecule has 0 aromatic heterocycles. The standard InChI is InChI=1S/C15H14INO5S/c1-2-21-14-9-11(10-17-18)8-13(16)15(14)22-23(19,20)12-6-4-3-5-7-12/h3-10,18H,2H2,1H3/b17-10-. The number of oxime groups is 1. The Morgan fingerprint density at radius 2 is 1.96 bits per heavy atom. The Morgan fingerprint density at radius 3 is 2.57 bits per heavy atom. The second-order valence-electron chi connectivity index (χ2n) is 4.36. The lowest BCUT2D eigenvalue weighted by Crippen LogP contribution is -2.12. The van der Waals surface area contributed by atoms with Gasteiger partial charge in [0, 0.05) is 5.56 Å². The molecule has 0 saturated carbocycles. The predicted molar refractivity (Wildman–Crippen MR) is 94.0 cm³/mol. The molecule has 8 heteroatoms. The van der Waals surface area contributed by atoms with E-state index in [4.69, 9.17) is 14.1 Å². The topological polar surface area (TPSA) is 85.2 Å². The van der Waals surface area contributed by atoms with Crippen LogP contribution in [0.15, 0.2) is 52.5 Å². The minimum Gasteiger partial charge on any atom is -0.490 e. The third-order valence-corrected chi connectivity index (χ3v) is 4.80. The highest BCUT2D eigenvalue weighted by Gasteiger charge is 2.21. The Hall–Kier alpha value is -1.81. The van der Waals surface area contributed by atoms with E-state index in [-0.39, 0.29) is 16.4 Å². The van der Waals surface area contributed by atoms with Gasteiger partial charge in [-0.15, -0.1) is 0 Å². The summed E-state index contributed by atoms with van der Waals surface area (Å²) in [6, 6.07) is 11.0. The molecule has 23 heavy (non-hydrogen) atoms. The molecule has 0 saturated heterocycles. The molecule has 0 fully saturated rings. The van der Waals surface area contributed by atoms with Crippen molar-refractivity contribution < 1.29 is 22.5 Å². The molecule has 0 amide bonds. The number of benzene rings is 2. The quantitative estimate of drug-likeness (QED) is 0.242. The summed E-state index contributed by atoms with van der Waals surface area (Å²) in [6.07, 6.45) is 1.22. The van der Waals surface area contributed by atoms with Crippen molar-refractivity contribution in [3.05, 3.63) is 51.6 Å². The van der Waals surface area contributed by atoms with E-state index < -0.39 is 10.1 Å². The number of nitrogens with zero attached hydrogens (tertiary/aromatic N) is 1. The number of hydrogen-bond acceptors (Lipinski definition) is 6. The van der Waals surface area contributed by atoms with Gasteiger partial charge >= 0.3 is 10.1 Å². The lowest BCUT2D eigenvalue weighted by molar-refractivity contribution is 0.321. The SMILES string of the molecule is CCOc1cc(/C=N\O)cc(I)c1OS(=O)(=O)c1ccccc1. The second kappa shape index (κ2) is 7.64. The molecule has 0 aliphatic rings. The summed E-state index contributed by atoms with van der Waals surface area (Å²) in [5.41, 5.74) is 0.560. The smallest absolute Gasteiger partial charge is 0.339 e. The molecule has 0 unspecified atom stereocenters. The van der Waals surface area contributed by atoms with Gasteiger partial charge in [0.2, 0.25) is 0 Å². The second-order valence-corrected chi connectivity index (χ2v) is 7.07. The summed E-state index contributed by atoms with van der Waals surface area (Å²) >= 11 is 1.94. The van der Waals surface area contributed by atoms with Crippen LogP contribution in [0.2, 0.25) is 0 Å². The number of ether oxygens (including phenoxy) is 1. The van der Waals surface area contributed by atoms with Crippen molar-refractivity contribution >= 4 is 38.9 Å². The van der Waals surface area contributed by atoms with Gasteiger partial charge < -0.3 is 14.1 Å². The lowest BCUT2D eigenvalue weighted by atomic mass is 10.2. The zero-order chi connectivity index (χ0) is 16.9. The molecule has 2 aromatic rings. The van der Waals surface area contributed by atoms with Gasteiger partial charge in [0.1, 0.15) is 4.90 Å². The molecule has 6 nitrogen and oxygen atoms in total. The van der Waals surface area contributed by atoms with Crippen molar-refractivity contribution in [1.29, 1.82) is 0 Å². The maximum absolute atomic E-state index is 12.4. The van der Waals surface area contributed by atoms with Gasteiger partial charge in [-0.2, -0.15) is 8.42 Å². The predicted octanol–water partition coefficient (Wildman–Crippen LogP) is 3.27. The van der Waals surface area contributed by atoms with Gasteiger partial charge in [0.25, 0.3) is 0 Å². The first kappa shape index (κ1) is 17.5. The van der Waals surface area contributed by atoms with Crippen LogP contribution >= 0.6 is 22.6 Å². The molecule has 0 radical (unpaired) electrons. The molecule has 2 rings (SSSR count). The van der Waals surface area contributed by atoms with Crippen LogP contribution in [0.4, 0.5) is 0 Å². The third kappa shape index (κ3) is 4.35. The normalized spacial score (nSPS) is 11.6. The van der Waals surface area contributed by atoms with Crippen molar-refractivity contribution in [2.24, 2.45) is 5.16 Å². The van der Waals surface area contributed by atoms with E-state index in [0.717, 1.165) is 0 Å². The van der Waals surface area contributed by atoms with Crippen molar-refractivity contribution in [2.75, 3.05) is 6.61 Å². The molecule has 0 heterocycles. The summed E-state index contributed by atoms with van der Waals surface area (Å²) in [5.74, 6) is 0.361. The summed E-state index contributed by atoms with van der Waals surface area (Å²) in [6.45, 7) is 2.10. The maximum Gasteiger partial charge on any atom is 0.339 e. The van der Waals surface area contributed by atoms with Crippen LogP contribution in [0, 0.1) is 3.57 Å². The van der Waals surface area contributed by atoms with E-state index in [9.17, 15) is 8.42 Å². The van der Waals surface area contributed by atoms with Crippen LogP contribution in [-0.4, -0.2) is 26.4 Å². The maximum atomic E-state index is 12.4. The Labute approximate surface area is 148 Å². The minimum absolute atomic E-state index is 0.0549. The Balaban J connectivity index is 2.46. The highest BCUT2D eigenvalue weighted by atomic mass is 127. The molecule has 122 valence electrons. The average Bonchev–Trinajstić information content (AvgIpc) is 2.52. The fraction of sp³-hybridized carbons (Fsp3) is 0.133. The van der Waals surface area contributed by atoms with Crippen molar-refractivity contribution in [1.82, 2.24) is 0 Å². The number of halogens is 1. The Kier molecular flexibility index (Phi) is 5.83. The molecular weight excluding hydrogens is 433 g/mol. The third-order valence-electron chi connectivity index (χ3n) is 2.76. The van der Waals surface area contributed by atoms with Crippen molar-refractivity contribution in [3.63, 3.8) is 0 Å². The summed E-state index contributed by atoms with van der Waals surface area (Å²) in [4.78, 5) is 0.0549. The van der Waals surface area contributed by atoms with Crippen LogP contribution in [-0.2, 0) is 10.1 Å². The Bertz CT molecular complexity index is 806. The van der Waals surface area contributed by atoms with Gasteiger partial charge in [-0.3, -0.25) is 0 Å². The summed E-state index contributed by atoms with van der Waals surface area (Å²) < 4.78 is 36.0. The van der Waals surface area contributed by atoms with Crippen LogP contribution in [0.5, 0.6) is 11.5 Å². The summed E-state index contributed by atoms with van der Waals surface area (Å²) in [5, 5.41) is 11.6. The number of hydrogen-bond donors (Lipinski definition) is 1. The molecule has 0 aliphatic carbocycles. The minimum atomic E-state index is -3.97. The average molecular weight is 447 g/mol. The van der Waals surface area contributed by atoms with E-state index in [1.165, 1.54) is 18.3 Å². The van der Waals surface area contributed by atoms with Gasteiger partial charge in [0.05, 0.1) is 16.4 Å². The first-order valence-corrected chi connectivity index (χ1v) is 9.10. The number of rotatable bonds is 6. The van der Waals surface area contributed by atoms with E-state index in [2.05, 4.69) is 5.16 Å². The molecule has 0 spiro atoms. The monoisotopic (exact) mass is 447 g/mol. The van der Waals surface area contributed by atoms with Crippen LogP contribution in [0.25, 0.3) is 0 Å². The highest BCUT2D eigenvalue weighted by molar-refractivity contribution is 14.1. The Morgan fingerprint density at radius 1 is 1.26 bits per heavy atom. The van der Waals surface area contributed by atoms with Gasteiger partial charge in [-0.05, 0) is 53.8 Å². The molecule has 1 N–H and O–H groups in total. The van der Waals surface area contributed by atoms with Gasteiger partial charge in [0.15, 0.2) is 11.5 Å². The van der Waals surface area contributed by atoms with E-state index in [1.807, 2.05) is 22.6 Å². The zero-order valence-electron chi connectivity index (χ0n) is 12.1. The van der Waals surface area contributed by atoms with Crippen molar-refractivity contribution in [3.8, 4) is 11.5 Å². The lowest BCUT2D eigenvalue weighted by Gasteiger charge is -2.14. The molecule has 0 bridgehead atoms. The van der Waals surface area contributed by atoms with Crippen LogP contribution < -0.4 is 8.92 Å². The van der Waals surface area contributed by atoms with E-state index in [0.29, 0.717) is 15.7 Å². The van der Waals surface area contributed by atoms with E-state index >= 15 is 0 Å². The largest absolute Gasteiger partial charge is 0.490 e. The first-order valence-electron chi connectivity index (χ1n) is 6.61.